The molecule has 1 N–H and O–H groups in total. The number of benzene rings is 2. The highest BCUT2D eigenvalue weighted by Gasteiger charge is 2.32. The van der Waals surface area contributed by atoms with Crippen molar-refractivity contribution in [2.75, 3.05) is 5.32 Å². The van der Waals surface area contributed by atoms with Crippen LogP contribution in [0.1, 0.15) is 29.6 Å². The lowest BCUT2D eigenvalue weighted by molar-refractivity contribution is 0.431. The molecule has 0 bridgehead atoms. The van der Waals surface area contributed by atoms with Crippen molar-refractivity contribution >= 4 is 40.8 Å². The Balaban J connectivity index is 1.78. The molecule has 4 nitrogen and oxygen atoms in total. The first kappa shape index (κ1) is 15.8. The van der Waals surface area contributed by atoms with Crippen molar-refractivity contribution in [2.24, 2.45) is 0 Å². The van der Waals surface area contributed by atoms with Gasteiger partial charge in [-0.15, -0.1) is 0 Å². The molecule has 2 aromatic carbocycles. The Labute approximate surface area is 154 Å². The van der Waals surface area contributed by atoms with Crippen LogP contribution < -0.4 is 5.32 Å². The molecule has 1 aliphatic rings. The van der Waals surface area contributed by atoms with Gasteiger partial charge in [0.05, 0.1) is 12.1 Å². The number of nitrogens with one attached hydrogen (secondary N) is 1. The van der Waals surface area contributed by atoms with Crippen LogP contribution in [0, 0.1) is 0 Å². The first-order chi connectivity index (χ1) is 11.6. The number of halogens is 3. The van der Waals surface area contributed by atoms with E-state index >= 15 is 0 Å². The molecule has 2 heterocycles. The van der Waals surface area contributed by atoms with Crippen molar-refractivity contribution in [3.63, 3.8) is 0 Å². The molecule has 0 aliphatic carbocycles. The van der Waals surface area contributed by atoms with Gasteiger partial charge >= 0.3 is 0 Å². The third kappa shape index (κ3) is 2.75. The van der Waals surface area contributed by atoms with Crippen molar-refractivity contribution in [2.45, 2.75) is 18.5 Å². The second-order valence-corrected chi connectivity index (χ2v) is 6.91. The number of nitrogens with zero attached hydrogens (tertiary/aromatic N) is 3. The van der Waals surface area contributed by atoms with Crippen LogP contribution in [0.3, 0.4) is 0 Å². The minimum Gasteiger partial charge on any atom is -0.348 e. The van der Waals surface area contributed by atoms with Crippen LogP contribution in [0.5, 0.6) is 0 Å². The van der Waals surface area contributed by atoms with Gasteiger partial charge in [0.15, 0.2) is 0 Å². The van der Waals surface area contributed by atoms with Gasteiger partial charge in [-0.1, -0.05) is 53.0 Å². The predicted octanol–water partition coefficient (Wildman–Crippen LogP) is 5.38. The van der Waals surface area contributed by atoms with Crippen LogP contribution in [0.2, 0.25) is 15.1 Å². The van der Waals surface area contributed by atoms with Crippen LogP contribution in [0.4, 0.5) is 5.95 Å². The molecule has 2 unspecified atom stereocenters. The molecule has 1 aliphatic heterocycles. The summed E-state index contributed by atoms with van der Waals surface area (Å²) in [5, 5.41) is 9.73. The van der Waals surface area contributed by atoms with Crippen LogP contribution >= 0.6 is 34.8 Å². The summed E-state index contributed by atoms with van der Waals surface area (Å²) in [5.74, 6) is 0.696. The Kier molecular flexibility index (Phi) is 4.12. The average molecular weight is 380 g/mol. The molecule has 4 rings (SSSR count). The highest BCUT2D eigenvalue weighted by atomic mass is 35.5. The first-order valence-electron chi connectivity index (χ1n) is 7.49. The number of anilines is 1. The van der Waals surface area contributed by atoms with Gasteiger partial charge in [-0.25, -0.2) is 4.68 Å². The highest BCUT2D eigenvalue weighted by Crippen LogP contribution is 2.42. The number of hydrogen-bond donors (Lipinski definition) is 1. The second-order valence-electron chi connectivity index (χ2n) is 5.66. The molecular formula is C17H13Cl3N4. The Morgan fingerprint density at radius 1 is 1.00 bits per heavy atom. The molecule has 3 aromatic rings. The van der Waals surface area contributed by atoms with Gasteiger partial charge in [0.2, 0.25) is 5.95 Å². The van der Waals surface area contributed by atoms with Gasteiger partial charge in [-0.3, -0.25) is 0 Å². The second kappa shape index (κ2) is 6.28. The SMILES string of the molecule is Clc1ccc(C2CC(c3c(Cl)cccc3Cl)n3ncnc3N2)cc1. The van der Waals surface area contributed by atoms with Gasteiger partial charge in [0.1, 0.15) is 6.33 Å². The summed E-state index contributed by atoms with van der Waals surface area (Å²) < 4.78 is 1.83. The molecule has 0 fully saturated rings. The van der Waals surface area contributed by atoms with Gasteiger partial charge in [-0.2, -0.15) is 10.1 Å². The summed E-state index contributed by atoms with van der Waals surface area (Å²) in [4.78, 5) is 4.31. The largest absolute Gasteiger partial charge is 0.348 e. The Morgan fingerprint density at radius 2 is 1.71 bits per heavy atom. The van der Waals surface area contributed by atoms with Crippen molar-refractivity contribution in [1.82, 2.24) is 14.8 Å². The molecule has 0 spiro atoms. The van der Waals surface area contributed by atoms with Gasteiger partial charge in [0.25, 0.3) is 0 Å². The Hall–Kier alpha value is -1.75. The minimum absolute atomic E-state index is 0.0660. The fraction of sp³-hybridized carbons (Fsp3) is 0.176. The molecule has 122 valence electrons. The number of fused-ring (bicyclic) bond motifs is 1. The lowest BCUT2D eigenvalue weighted by Gasteiger charge is -2.32. The van der Waals surface area contributed by atoms with Crippen LogP contribution in [0.15, 0.2) is 48.8 Å². The smallest absolute Gasteiger partial charge is 0.222 e. The lowest BCUT2D eigenvalue weighted by atomic mass is 9.93. The van der Waals surface area contributed by atoms with E-state index in [9.17, 15) is 0 Å². The van der Waals surface area contributed by atoms with Gasteiger partial charge in [0, 0.05) is 20.6 Å². The molecule has 0 amide bonds. The van der Waals surface area contributed by atoms with Crippen LogP contribution in [0.25, 0.3) is 0 Å². The highest BCUT2D eigenvalue weighted by molar-refractivity contribution is 6.36. The standard InChI is InChI=1S/C17H13Cl3N4/c18-11-6-4-10(5-7-11)14-8-15(24-17(23-14)21-9-22-24)16-12(19)2-1-3-13(16)20/h1-7,9,14-15H,8H2,(H,21,22,23). The molecular weight excluding hydrogens is 367 g/mol. The van der Waals surface area contributed by atoms with E-state index in [1.807, 2.05) is 47.1 Å². The zero-order valence-corrected chi connectivity index (χ0v) is 14.7. The maximum atomic E-state index is 6.43. The fourth-order valence-corrected chi connectivity index (χ4v) is 3.88. The maximum Gasteiger partial charge on any atom is 0.222 e. The van der Waals surface area contributed by atoms with E-state index in [1.165, 1.54) is 6.33 Å². The number of aromatic nitrogens is 3. The predicted molar refractivity (Wildman–Crippen MR) is 97.1 cm³/mol. The third-order valence-electron chi connectivity index (χ3n) is 4.24. The summed E-state index contributed by atoms with van der Waals surface area (Å²) in [6.45, 7) is 0. The normalized spacial score (nSPS) is 19.6. The summed E-state index contributed by atoms with van der Waals surface area (Å²) in [7, 11) is 0. The quantitative estimate of drug-likeness (QED) is 0.649. The van der Waals surface area contributed by atoms with E-state index in [4.69, 9.17) is 34.8 Å². The van der Waals surface area contributed by atoms with E-state index in [1.54, 1.807) is 0 Å². The van der Waals surface area contributed by atoms with Crippen molar-refractivity contribution in [3.8, 4) is 0 Å². The van der Waals surface area contributed by atoms with E-state index in [0.717, 1.165) is 17.5 Å². The van der Waals surface area contributed by atoms with Crippen LogP contribution in [-0.2, 0) is 0 Å². The first-order valence-corrected chi connectivity index (χ1v) is 8.62. The Morgan fingerprint density at radius 3 is 2.42 bits per heavy atom. The minimum atomic E-state index is -0.0920. The van der Waals surface area contributed by atoms with Gasteiger partial charge < -0.3 is 5.32 Å². The molecule has 2 atom stereocenters. The number of rotatable bonds is 2. The summed E-state index contributed by atoms with van der Waals surface area (Å²) in [6.07, 6.45) is 2.28. The number of hydrogen-bond acceptors (Lipinski definition) is 3. The molecule has 0 radical (unpaired) electrons. The molecule has 7 heteroatoms. The summed E-state index contributed by atoms with van der Waals surface area (Å²) >= 11 is 18.9. The van der Waals surface area contributed by atoms with Crippen molar-refractivity contribution in [3.05, 3.63) is 75.0 Å². The zero-order valence-electron chi connectivity index (χ0n) is 12.5. The topological polar surface area (TPSA) is 42.7 Å². The molecule has 0 saturated carbocycles. The maximum absolute atomic E-state index is 6.43. The Bertz CT molecular complexity index is 856. The average Bonchev–Trinajstić information content (AvgIpc) is 3.04. The van der Waals surface area contributed by atoms with E-state index in [2.05, 4.69) is 15.4 Å². The lowest BCUT2D eigenvalue weighted by Crippen LogP contribution is -2.28. The van der Waals surface area contributed by atoms with Gasteiger partial charge in [-0.05, 0) is 36.2 Å². The molecule has 1 aromatic heterocycles. The van der Waals surface area contributed by atoms with E-state index in [-0.39, 0.29) is 12.1 Å². The monoisotopic (exact) mass is 378 g/mol. The molecule has 0 saturated heterocycles. The summed E-state index contributed by atoms with van der Waals surface area (Å²) in [5.41, 5.74) is 2.00. The third-order valence-corrected chi connectivity index (χ3v) is 5.15. The van der Waals surface area contributed by atoms with E-state index in [0.29, 0.717) is 21.0 Å². The molecule has 24 heavy (non-hydrogen) atoms. The van der Waals surface area contributed by atoms with Crippen molar-refractivity contribution in [1.29, 1.82) is 0 Å². The van der Waals surface area contributed by atoms with Crippen LogP contribution in [-0.4, -0.2) is 14.8 Å². The summed E-state index contributed by atoms with van der Waals surface area (Å²) in [6, 6.07) is 13.3. The van der Waals surface area contributed by atoms with Crippen molar-refractivity contribution < 1.29 is 0 Å². The fourth-order valence-electron chi connectivity index (χ4n) is 3.10. The van der Waals surface area contributed by atoms with E-state index < -0.39 is 0 Å². The zero-order chi connectivity index (χ0) is 16.7.